The fourth-order valence-corrected chi connectivity index (χ4v) is 4.59. The van der Waals surface area contributed by atoms with Gasteiger partial charge in [0, 0.05) is 44.7 Å². The van der Waals surface area contributed by atoms with Crippen molar-refractivity contribution in [1.29, 1.82) is 0 Å². The zero-order chi connectivity index (χ0) is 20.3. The molecule has 2 fully saturated rings. The van der Waals surface area contributed by atoms with E-state index in [1.807, 2.05) is 36.9 Å². The van der Waals surface area contributed by atoms with Crippen LogP contribution in [0.4, 0.5) is 0 Å². The monoisotopic (exact) mass is 385 g/mol. The van der Waals surface area contributed by atoms with Crippen LogP contribution in [0.25, 0.3) is 0 Å². The fraction of sp³-hybridized carbons (Fsp3) is 0.591. The Balaban J connectivity index is 1.78. The summed E-state index contributed by atoms with van der Waals surface area (Å²) in [6.45, 7) is 7.62. The van der Waals surface area contributed by atoms with Crippen LogP contribution in [0.2, 0.25) is 0 Å². The molecule has 2 atom stereocenters. The molecule has 1 aliphatic heterocycles. The van der Waals surface area contributed by atoms with Crippen molar-refractivity contribution in [2.24, 2.45) is 5.92 Å². The first-order chi connectivity index (χ1) is 13.4. The summed E-state index contributed by atoms with van der Waals surface area (Å²) in [4.78, 5) is 41.7. The highest BCUT2D eigenvalue weighted by atomic mass is 16.2. The summed E-state index contributed by atoms with van der Waals surface area (Å²) >= 11 is 0. The Bertz CT molecular complexity index is 761. The number of hydrogen-bond acceptors (Lipinski definition) is 3. The van der Waals surface area contributed by atoms with Crippen LogP contribution in [0.1, 0.15) is 54.1 Å². The van der Waals surface area contributed by atoms with Crippen LogP contribution in [-0.4, -0.2) is 59.7 Å². The van der Waals surface area contributed by atoms with Crippen molar-refractivity contribution in [3.8, 4) is 0 Å². The molecule has 28 heavy (non-hydrogen) atoms. The smallest absolute Gasteiger partial charge is 0.254 e. The summed E-state index contributed by atoms with van der Waals surface area (Å²) in [6, 6.07) is 5.83. The summed E-state index contributed by atoms with van der Waals surface area (Å²) in [5.41, 5.74) is 2.79. The molecular formula is C22H31N3O3. The van der Waals surface area contributed by atoms with Crippen molar-refractivity contribution in [1.82, 2.24) is 15.1 Å². The lowest BCUT2D eigenvalue weighted by Gasteiger charge is -2.32. The zero-order valence-electron chi connectivity index (χ0n) is 17.2. The molecule has 1 aliphatic carbocycles. The van der Waals surface area contributed by atoms with Gasteiger partial charge in [-0.15, -0.1) is 0 Å². The molecular weight excluding hydrogens is 354 g/mol. The zero-order valence-corrected chi connectivity index (χ0v) is 17.2. The Morgan fingerprint density at radius 1 is 1.07 bits per heavy atom. The number of benzene rings is 1. The van der Waals surface area contributed by atoms with Gasteiger partial charge in [0.15, 0.2) is 0 Å². The molecule has 2 unspecified atom stereocenters. The van der Waals surface area contributed by atoms with E-state index < -0.39 is 0 Å². The highest BCUT2D eigenvalue weighted by Gasteiger charge is 2.38. The van der Waals surface area contributed by atoms with Crippen molar-refractivity contribution in [2.75, 3.05) is 26.2 Å². The summed E-state index contributed by atoms with van der Waals surface area (Å²) < 4.78 is 0. The third-order valence-corrected chi connectivity index (χ3v) is 6.03. The minimum absolute atomic E-state index is 0.00886. The topological polar surface area (TPSA) is 69.7 Å². The van der Waals surface area contributed by atoms with E-state index >= 15 is 0 Å². The molecule has 1 saturated heterocycles. The van der Waals surface area contributed by atoms with Crippen LogP contribution in [0.5, 0.6) is 0 Å². The van der Waals surface area contributed by atoms with Crippen LogP contribution >= 0.6 is 0 Å². The van der Waals surface area contributed by atoms with Gasteiger partial charge >= 0.3 is 0 Å². The molecule has 2 aliphatic rings. The van der Waals surface area contributed by atoms with Gasteiger partial charge < -0.3 is 15.1 Å². The van der Waals surface area contributed by atoms with Gasteiger partial charge in [-0.05, 0) is 44.7 Å². The van der Waals surface area contributed by atoms with Gasteiger partial charge in [0.25, 0.3) is 5.91 Å². The molecule has 0 bridgehead atoms. The largest absolute Gasteiger partial charge is 0.354 e. The van der Waals surface area contributed by atoms with Crippen molar-refractivity contribution in [3.63, 3.8) is 0 Å². The van der Waals surface area contributed by atoms with Crippen molar-refractivity contribution in [2.45, 2.75) is 52.5 Å². The number of fused-ring (bicyclic) bond motifs is 1. The number of carbonyl (C=O) groups excluding carboxylic acids is 3. The van der Waals surface area contributed by atoms with Crippen molar-refractivity contribution < 1.29 is 14.4 Å². The molecule has 1 aromatic carbocycles. The molecule has 3 rings (SSSR count). The van der Waals surface area contributed by atoms with Gasteiger partial charge in [-0.3, -0.25) is 14.4 Å². The maximum absolute atomic E-state index is 13.1. The second-order valence-corrected chi connectivity index (χ2v) is 8.07. The average Bonchev–Trinajstić information content (AvgIpc) is 3.11. The second-order valence-electron chi connectivity index (χ2n) is 8.07. The predicted molar refractivity (Wildman–Crippen MR) is 108 cm³/mol. The van der Waals surface area contributed by atoms with Crippen LogP contribution in [0.15, 0.2) is 18.2 Å². The maximum atomic E-state index is 13.1. The molecule has 1 heterocycles. The van der Waals surface area contributed by atoms with Gasteiger partial charge in [-0.1, -0.05) is 24.1 Å². The molecule has 1 aromatic rings. The lowest BCUT2D eigenvalue weighted by atomic mass is 10.0. The van der Waals surface area contributed by atoms with Gasteiger partial charge in [-0.2, -0.15) is 0 Å². The van der Waals surface area contributed by atoms with E-state index in [2.05, 4.69) is 5.32 Å². The predicted octanol–water partition coefficient (Wildman–Crippen LogP) is 2.28. The van der Waals surface area contributed by atoms with E-state index in [0.717, 1.165) is 30.4 Å². The summed E-state index contributed by atoms with van der Waals surface area (Å²) in [6.07, 6.45) is 3.39. The minimum Gasteiger partial charge on any atom is -0.354 e. The van der Waals surface area contributed by atoms with Gasteiger partial charge in [0.05, 0.1) is 5.92 Å². The number of nitrogens with one attached hydrogen (secondary N) is 1. The third kappa shape index (κ3) is 4.37. The van der Waals surface area contributed by atoms with E-state index in [9.17, 15) is 14.4 Å². The number of rotatable bonds is 1. The number of aryl methyl sites for hydroxylation is 2. The summed E-state index contributed by atoms with van der Waals surface area (Å²) in [5.74, 6) is -0.128. The van der Waals surface area contributed by atoms with Gasteiger partial charge in [-0.25, -0.2) is 0 Å². The number of hydrogen-bond donors (Lipinski definition) is 1. The molecule has 0 spiro atoms. The standard InChI is InChI=1S/C22H31N3O3/c1-15-8-9-18(16(2)14-15)22(28)24-11-5-12-25(17(3)26)20-7-4-6-19(20)21(27)23-10-13-24/h8-9,14,19-20H,4-7,10-13H2,1-3H3,(H,23,27). The first kappa shape index (κ1) is 20.4. The molecule has 6 nitrogen and oxygen atoms in total. The van der Waals surface area contributed by atoms with E-state index in [0.29, 0.717) is 38.2 Å². The lowest BCUT2D eigenvalue weighted by molar-refractivity contribution is -0.134. The molecule has 6 heteroatoms. The molecule has 1 N–H and O–H groups in total. The van der Waals surface area contributed by atoms with Crippen LogP contribution in [-0.2, 0) is 9.59 Å². The van der Waals surface area contributed by atoms with Gasteiger partial charge in [0.1, 0.15) is 0 Å². The van der Waals surface area contributed by atoms with E-state index in [4.69, 9.17) is 0 Å². The van der Waals surface area contributed by atoms with E-state index in [1.54, 1.807) is 11.8 Å². The Morgan fingerprint density at radius 3 is 2.57 bits per heavy atom. The normalized spacial score (nSPS) is 23.6. The third-order valence-electron chi connectivity index (χ3n) is 6.03. The highest BCUT2D eigenvalue weighted by Crippen LogP contribution is 2.31. The number of carbonyl (C=O) groups is 3. The fourth-order valence-electron chi connectivity index (χ4n) is 4.59. The van der Waals surface area contributed by atoms with E-state index in [-0.39, 0.29) is 29.7 Å². The molecule has 0 aromatic heterocycles. The number of nitrogens with zero attached hydrogens (tertiary/aromatic N) is 2. The summed E-state index contributed by atoms with van der Waals surface area (Å²) in [7, 11) is 0. The molecule has 152 valence electrons. The first-order valence-electron chi connectivity index (χ1n) is 10.3. The van der Waals surface area contributed by atoms with Gasteiger partial charge in [0.2, 0.25) is 11.8 Å². The van der Waals surface area contributed by atoms with E-state index in [1.165, 1.54) is 0 Å². The van der Waals surface area contributed by atoms with Crippen LogP contribution in [0, 0.1) is 19.8 Å². The van der Waals surface area contributed by atoms with Crippen molar-refractivity contribution in [3.05, 3.63) is 34.9 Å². The summed E-state index contributed by atoms with van der Waals surface area (Å²) in [5, 5.41) is 3.00. The van der Waals surface area contributed by atoms with Crippen molar-refractivity contribution >= 4 is 17.7 Å². The SMILES string of the molecule is CC(=O)N1CCCN(C(=O)c2ccc(C)cc2C)CCNC(=O)C2CCCC21. The highest BCUT2D eigenvalue weighted by molar-refractivity contribution is 5.95. The quantitative estimate of drug-likeness (QED) is 0.806. The first-order valence-corrected chi connectivity index (χ1v) is 10.3. The maximum Gasteiger partial charge on any atom is 0.254 e. The Morgan fingerprint density at radius 2 is 1.86 bits per heavy atom. The minimum atomic E-state index is -0.134. The lowest BCUT2D eigenvalue weighted by Crippen LogP contribution is -2.46. The second kappa shape index (κ2) is 8.76. The molecule has 1 saturated carbocycles. The Kier molecular flexibility index (Phi) is 6.37. The molecule has 0 radical (unpaired) electrons. The average molecular weight is 386 g/mol. The molecule has 3 amide bonds. The van der Waals surface area contributed by atoms with Crippen LogP contribution in [0.3, 0.4) is 0 Å². The number of amides is 3. The Hall–Kier alpha value is -2.37. The Labute approximate surface area is 167 Å². The van der Waals surface area contributed by atoms with Crippen LogP contribution < -0.4 is 5.32 Å².